The Morgan fingerprint density at radius 2 is 1.88 bits per heavy atom. The van der Waals surface area contributed by atoms with Gasteiger partial charge in [0.2, 0.25) is 0 Å². The molecule has 0 spiro atoms. The summed E-state index contributed by atoms with van der Waals surface area (Å²) in [5.74, 6) is -0.299. The second kappa shape index (κ2) is 8.25. The third-order valence-corrected chi connectivity index (χ3v) is 3.49. The molecule has 2 rings (SSSR count). The van der Waals surface area contributed by atoms with Crippen molar-refractivity contribution in [3.63, 3.8) is 0 Å². The van der Waals surface area contributed by atoms with Gasteiger partial charge in [-0.05, 0) is 30.3 Å². The van der Waals surface area contributed by atoms with Crippen LogP contribution in [0.4, 0.5) is 11.4 Å². The third-order valence-electron chi connectivity index (χ3n) is 3.25. The van der Waals surface area contributed by atoms with Crippen LogP contribution in [0.5, 0.6) is 11.5 Å². The lowest BCUT2D eigenvalue weighted by Gasteiger charge is -2.12. The van der Waals surface area contributed by atoms with Crippen LogP contribution in [0.15, 0.2) is 36.4 Å². The molecule has 7 nitrogen and oxygen atoms in total. The molecule has 2 aromatic rings. The summed E-state index contributed by atoms with van der Waals surface area (Å²) in [6.45, 7) is -0.495. The topological polar surface area (TPSA) is 99.9 Å². The van der Waals surface area contributed by atoms with Gasteiger partial charge in [-0.15, -0.1) is 0 Å². The van der Waals surface area contributed by atoms with Crippen molar-refractivity contribution in [1.29, 1.82) is 0 Å². The molecule has 3 N–H and O–H groups in total. The average molecular weight is 365 g/mol. The zero-order chi connectivity index (χ0) is 18.4. The molecule has 8 heteroatoms. The summed E-state index contributed by atoms with van der Waals surface area (Å²) >= 11 is 5.82. The summed E-state index contributed by atoms with van der Waals surface area (Å²) in [5, 5.41) is 2.93. The molecule has 1 amide bonds. The monoisotopic (exact) mass is 364 g/mol. The Balaban J connectivity index is 2.01. The Morgan fingerprint density at radius 1 is 1.12 bits per heavy atom. The number of rotatable bonds is 6. The van der Waals surface area contributed by atoms with Gasteiger partial charge in [-0.25, -0.2) is 4.79 Å². The number of halogens is 1. The molecule has 0 atom stereocenters. The molecular weight excluding hydrogens is 348 g/mol. The van der Waals surface area contributed by atoms with Gasteiger partial charge in [0.05, 0.1) is 25.5 Å². The molecule has 0 fully saturated rings. The van der Waals surface area contributed by atoms with Crippen LogP contribution < -0.4 is 20.5 Å². The van der Waals surface area contributed by atoms with Crippen LogP contribution >= 0.6 is 11.6 Å². The lowest BCUT2D eigenvalue weighted by atomic mass is 10.2. The van der Waals surface area contributed by atoms with Crippen LogP contribution in [0, 0.1) is 0 Å². The van der Waals surface area contributed by atoms with Crippen LogP contribution in [-0.2, 0) is 9.53 Å². The highest BCUT2D eigenvalue weighted by atomic mass is 35.5. The van der Waals surface area contributed by atoms with Gasteiger partial charge in [0.25, 0.3) is 5.91 Å². The Morgan fingerprint density at radius 3 is 2.56 bits per heavy atom. The number of amides is 1. The normalized spacial score (nSPS) is 10.0. The lowest BCUT2D eigenvalue weighted by molar-refractivity contribution is -0.119. The fourth-order valence-corrected chi connectivity index (χ4v) is 2.18. The first-order chi connectivity index (χ1) is 11.9. The summed E-state index contributed by atoms with van der Waals surface area (Å²) in [5.41, 5.74) is 6.40. The van der Waals surface area contributed by atoms with Gasteiger partial charge >= 0.3 is 5.97 Å². The molecule has 0 aliphatic rings. The minimum atomic E-state index is -0.743. The third kappa shape index (κ3) is 4.77. The highest BCUT2D eigenvalue weighted by Gasteiger charge is 2.15. The highest BCUT2D eigenvalue weighted by Crippen LogP contribution is 2.28. The Labute approximate surface area is 149 Å². The van der Waals surface area contributed by atoms with E-state index in [0.29, 0.717) is 22.2 Å². The predicted octanol–water partition coefficient (Wildman–Crippen LogP) is 2.73. The van der Waals surface area contributed by atoms with Gasteiger partial charge in [-0.3, -0.25) is 4.79 Å². The van der Waals surface area contributed by atoms with Gasteiger partial charge in [0.15, 0.2) is 6.61 Å². The number of anilines is 2. The number of nitrogens with one attached hydrogen (secondary N) is 1. The van der Waals surface area contributed by atoms with E-state index in [0.717, 1.165) is 0 Å². The van der Waals surface area contributed by atoms with Gasteiger partial charge in [0, 0.05) is 16.8 Å². The Kier molecular flexibility index (Phi) is 6.08. The van der Waals surface area contributed by atoms with Crippen molar-refractivity contribution in [1.82, 2.24) is 0 Å². The van der Waals surface area contributed by atoms with E-state index < -0.39 is 18.5 Å². The minimum Gasteiger partial charge on any atom is -0.497 e. The first kappa shape index (κ1) is 18.4. The molecule has 0 unspecified atom stereocenters. The van der Waals surface area contributed by atoms with E-state index in [1.807, 2.05) is 0 Å². The summed E-state index contributed by atoms with van der Waals surface area (Å²) in [7, 11) is 2.98. The number of nitrogens with two attached hydrogens (primary N) is 1. The fraction of sp³-hybridized carbons (Fsp3) is 0.176. The quantitative estimate of drug-likeness (QED) is 0.604. The van der Waals surface area contributed by atoms with Crippen molar-refractivity contribution in [3.05, 3.63) is 47.0 Å². The second-order valence-corrected chi connectivity index (χ2v) is 5.36. The molecule has 0 aromatic heterocycles. The summed E-state index contributed by atoms with van der Waals surface area (Å²) in [6.07, 6.45) is 0. The van der Waals surface area contributed by atoms with Crippen LogP contribution in [-0.4, -0.2) is 32.7 Å². The van der Waals surface area contributed by atoms with Crippen molar-refractivity contribution < 1.29 is 23.8 Å². The molecule has 0 bridgehead atoms. The molecule has 0 saturated heterocycles. The molecule has 0 aliphatic carbocycles. The first-order valence-electron chi connectivity index (χ1n) is 7.18. The Hall–Kier alpha value is -2.93. The number of carbonyl (C=O) groups is 2. The minimum absolute atomic E-state index is 0.0965. The number of benzene rings is 2. The molecule has 0 heterocycles. The van der Waals surface area contributed by atoms with Gasteiger partial charge in [0.1, 0.15) is 11.5 Å². The van der Waals surface area contributed by atoms with Gasteiger partial charge in [-0.1, -0.05) is 11.6 Å². The van der Waals surface area contributed by atoms with Gasteiger partial charge in [-0.2, -0.15) is 0 Å². The van der Waals surface area contributed by atoms with E-state index in [2.05, 4.69) is 5.32 Å². The number of nitrogen functional groups attached to an aromatic ring is 1. The SMILES string of the molecule is COc1ccc(OC)c(NC(=O)COC(=O)c2cc(Cl)ccc2N)c1. The number of esters is 1. The van der Waals surface area contributed by atoms with Crippen molar-refractivity contribution >= 4 is 34.9 Å². The molecular formula is C17H17ClN2O5. The van der Waals surface area contributed by atoms with Crippen LogP contribution in [0.3, 0.4) is 0 Å². The Bertz CT molecular complexity index is 795. The number of hydrogen-bond acceptors (Lipinski definition) is 6. The van der Waals surface area contributed by atoms with Crippen LogP contribution in [0.1, 0.15) is 10.4 Å². The first-order valence-corrected chi connectivity index (χ1v) is 7.56. The van der Waals surface area contributed by atoms with Crippen molar-refractivity contribution in [2.75, 3.05) is 31.9 Å². The summed E-state index contributed by atoms with van der Waals surface area (Å²) in [6, 6.07) is 9.34. The van der Waals surface area contributed by atoms with Crippen molar-refractivity contribution in [2.24, 2.45) is 0 Å². The van der Waals surface area contributed by atoms with Crippen LogP contribution in [0.25, 0.3) is 0 Å². The van der Waals surface area contributed by atoms with Gasteiger partial charge < -0.3 is 25.3 Å². The summed E-state index contributed by atoms with van der Waals surface area (Å²) in [4.78, 5) is 24.0. The number of ether oxygens (including phenoxy) is 3. The number of carbonyl (C=O) groups excluding carboxylic acids is 2. The largest absolute Gasteiger partial charge is 0.497 e. The number of methoxy groups -OCH3 is 2. The van der Waals surface area contributed by atoms with Crippen molar-refractivity contribution in [2.45, 2.75) is 0 Å². The lowest BCUT2D eigenvalue weighted by Crippen LogP contribution is -2.21. The average Bonchev–Trinajstić information content (AvgIpc) is 2.61. The molecule has 2 aromatic carbocycles. The maximum absolute atomic E-state index is 12.0. The molecule has 0 saturated carbocycles. The van der Waals surface area contributed by atoms with E-state index in [1.54, 1.807) is 24.3 Å². The van der Waals surface area contributed by atoms with E-state index in [-0.39, 0.29) is 11.3 Å². The molecule has 0 radical (unpaired) electrons. The maximum Gasteiger partial charge on any atom is 0.340 e. The van der Waals surface area contributed by atoms with Crippen LogP contribution in [0.2, 0.25) is 5.02 Å². The van der Waals surface area contributed by atoms with Crippen molar-refractivity contribution in [3.8, 4) is 11.5 Å². The maximum atomic E-state index is 12.0. The molecule has 25 heavy (non-hydrogen) atoms. The van der Waals surface area contributed by atoms with E-state index in [1.165, 1.54) is 26.4 Å². The molecule has 0 aliphatic heterocycles. The second-order valence-electron chi connectivity index (χ2n) is 4.92. The zero-order valence-electron chi connectivity index (χ0n) is 13.7. The fourth-order valence-electron chi connectivity index (χ4n) is 2.01. The molecule has 132 valence electrons. The summed E-state index contributed by atoms with van der Waals surface area (Å²) < 4.78 is 15.2. The predicted molar refractivity (Wildman–Crippen MR) is 94.3 cm³/mol. The van der Waals surface area contributed by atoms with E-state index in [9.17, 15) is 9.59 Å². The zero-order valence-corrected chi connectivity index (χ0v) is 14.4. The number of hydrogen-bond donors (Lipinski definition) is 2. The highest BCUT2D eigenvalue weighted by molar-refractivity contribution is 6.31. The van der Waals surface area contributed by atoms with E-state index >= 15 is 0 Å². The smallest absolute Gasteiger partial charge is 0.340 e. The standard InChI is InChI=1S/C17H17ClN2O5/c1-23-11-4-6-15(24-2)14(8-11)20-16(21)9-25-17(22)12-7-10(18)3-5-13(12)19/h3-8H,9,19H2,1-2H3,(H,20,21). The van der Waals surface area contributed by atoms with E-state index in [4.69, 9.17) is 31.5 Å².